The van der Waals surface area contributed by atoms with Crippen molar-refractivity contribution in [3.63, 3.8) is 0 Å². The normalized spacial score (nSPS) is 10.7. The molecule has 2 aromatic carbocycles. The third-order valence-corrected chi connectivity index (χ3v) is 4.64. The molecule has 0 saturated carbocycles. The van der Waals surface area contributed by atoms with Gasteiger partial charge in [-0.05, 0) is 42.8 Å². The van der Waals surface area contributed by atoms with Gasteiger partial charge in [-0.25, -0.2) is 9.97 Å². The van der Waals surface area contributed by atoms with Crippen LogP contribution >= 0.6 is 0 Å². The van der Waals surface area contributed by atoms with E-state index >= 15 is 0 Å². The van der Waals surface area contributed by atoms with Crippen LogP contribution in [0.2, 0.25) is 0 Å². The Morgan fingerprint density at radius 1 is 0.966 bits per heavy atom. The van der Waals surface area contributed by atoms with Crippen LogP contribution in [0, 0.1) is 0 Å². The number of methoxy groups -OCH3 is 1. The van der Waals surface area contributed by atoms with Gasteiger partial charge in [0, 0.05) is 36.0 Å². The summed E-state index contributed by atoms with van der Waals surface area (Å²) in [5.74, 6) is 2.83. The number of aromatic nitrogens is 3. The Morgan fingerprint density at radius 3 is 2.55 bits per heavy atom. The van der Waals surface area contributed by atoms with E-state index in [1.165, 1.54) is 0 Å². The number of nitrogens with zero attached hydrogens (tertiary/aromatic N) is 3. The van der Waals surface area contributed by atoms with Gasteiger partial charge in [-0.15, -0.1) is 0 Å². The third-order valence-electron chi connectivity index (χ3n) is 4.64. The lowest BCUT2D eigenvalue weighted by Gasteiger charge is -2.15. The monoisotopic (exact) mass is 386 g/mol. The van der Waals surface area contributed by atoms with Crippen molar-refractivity contribution in [3.05, 3.63) is 60.9 Å². The van der Waals surface area contributed by atoms with Crippen molar-refractivity contribution in [1.82, 2.24) is 15.0 Å². The van der Waals surface area contributed by atoms with Crippen LogP contribution in [0.1, 0.15) is 6.92 Å². The van der Waals surface area contributed by atoms with Gasteiger partial charge in [0.1, 0.15) is 22.8 Å². The standard InChI is InChI=1S/C23H22N4O2/c1-4-29-20-13-16(17-9-5-6-10-19(17)28-3)12-18-21(20)26-22(27-23(18)24-2)15-8-7-11-25-14-15/h5-14H,4H2,1-3H3,(H,24,26,27). The zero-order valence-electron chi connectivity index (χ0n) is 16.6. The molecule has 6 heteroatoms. The molecule has 0 aliphatic rings. The molecule has 0 fully saturated rings. The molecule has 146 valence electrons. The van der Waals surface area contributed by atoms with Crippen LogP contribution < -0.4 is 14.8 Å². The number of fused-ring (bicyclic) bond motifs is 1. The fraction of sp³-hybridized carbons (Fsp3) is 0.174. The highest BCUT2D eigenvalue weighted by Crippen LogP contribution is 2.38. The van der Waals surface area contributed by atoms with Crippen molar-refractivity contribution < 1.29 is 9.47 Å². The smallest absolute Gasteiger partial charge is 0.163 e. The molecule has 0 atom stereocenters. The maximum Gasteiger partial charge on any atom is 0.163 e. The van der Waals surface area contributed by atoms with E-state index < -0.39 is 0 Å². The van der Waals surface area contributed by atoms with Gasteiger partial charge in [0.25, 0.3) is 0 Å². The summed E-state index contributed by atoms with van der Waals surface area (Å²) in [4.78, 5) is 13.7. The largest absolute Gasteiger partial charge is 0.496 e. The molecule has 0 aliphatic heterocycles. The average molecular weight is 386 g/mol. The average Bonchev–Trinajstić information content (AvgIpc) is 2.79. The number of ether oxygens (including phenoxy) is 2. The SMILES string of the molecule is CCOc1cc(-c2ccccc2OC)cc2c(NC)nc(-c3cccnc3)nc12. The van der Waals surface area contributed by atoms with Gasteiger partial charge in [0.05, 0.1) is 13.7 Å². The number of hydrogen-bond acceptors (Lipinski definition) is 6. The molecule has 4 rings (SSSR count). The first-order valence-corrected chi connectivity index (χ1v) is 9.45. The number of hydrogen-bond donors (Lipinski definition) is 1. The zero-order valence-corrected chi connectivity index (χ0v) is 16.6. The van der Waals surface area contributed by atoms with Crippen LogP contribution in [0.5, 0.6) is 11.5 Å². The summed E-state index contributed by atoms with van der Waals surface area (Å²) in [5.41, 5.74) is 3.56. The molecule has 0 saturated heterocycles. The summed E-state index contributed by atoms with van der Waals surface area (Å²) in [6.07, 6.45) is 3.48. The van der Waals surface area contributed by atoms with Crippen molar-refractivity contribution in [2.45, 2.75) is 6.92 Å². The molecule has 0 radical (unpaired) electrons. The third kappa shape index (κ3) is 3.57. The summed E-state index contributed by atoms with van der Waals surface area (Å²) < 4.78 is 11.5. The van der Waals surface area contributed by atoms with Crippen LogP contribution in [-0.4, -0.2) is 35.7 Å². The fourth-order valence-electron chi connectivity index (χ4n) is 3.32. The van der Waals surface area contributed by atoms with E-state index in [2.05, 4.69) is 16.4 Å². The van der Waals surface area contributed by atoms with Gasteiger partial charge in [-0.1, -0.05) is 18.2 Å². The molecule has 0 bridgehead atoms. The molecule has 0 unspecified atom stereocenters. The minimum atomic E-state index is 0.533. The molecule has 4 aromatic rings. The van der Waals surface area contributed by atoms with Gasteiger partial charge in [0.15, 0.2) is 5.82 Å². The Labute approximate surface area is 169 Å². The number of pyridine rings is 1. The predicted octanol–water partition coefficient (Wildman–Crippen LogP) is 4.81. The lowest BCUT2D eigenvalue weighted by atomic mass is 10.0. The molecule has 29 heavy (non-hydrogen) atoms. The van der Waals surface area contributed by atoms with Gasteiger partial charge in [-0.3, -0.25) is 4.98 Å². The first kappa shape index (κ1) is 18.7. The Morgan fingerprint density at radius 2 is 1.83 bits per heavy atom. The van der Waals surface area contributed by atoms with E-state index in [-0.39, 0.29) is 0 Å². The van der Waals surface area contributed by atoms with E-state index in [1.54, 1.807) is 19.5 Å². The van der Waals surface area contributed by atoms with Crippen LogP contribution in [-0.2, 0) is 0 Å². The van der Waals surface area contributed by atoms with Crippen LogP contribution in [0.4, 0.5) is 5.82 Å². The van der Waals surface area contributed by atoms with Crippen LogP contribution in [0.25, 0.3) is 33.4 Å². The summed E-state index contributed by atoms with van der Waals surface area (Å²) >= 11 is 0. The van der Waals surface area contributed by atoms with Gasteiger partial charge < -0.3 is 14.8 Å². The van der Waals surface area contributed by atoms with E-state index in [0.717, 1.165) is 39.2 Å². The van der Waals surface area contributed by atoms with E-state index in [0.29, 0.717) is 18.2 Å². The Hall–Kier alpha value is -3.67. The molecule has 0 amide bonds. The summed E-state index contributed by atoms with van der Waals surface area (Å²) in [6.45, 7) is 2.50. The number of benzene rings is 2. The molecular formula is C23H22N4O2. The van der Waals surface area contributed by atoms with E-state index in [9.17, 15) is 0 Å². The topological polar surface area (TPSA) is 69.2 Å². The maximum atomic E-state index is 5.97. The van der Waals surface area contributed by atoms with Crippen LogP contribution in [0.15, 0.2) is 60.9 Å². The molecule has 2 heterocycles. The van der Waals surface area contributed by atoms with Crippen molar-refractivity contribution in [1.29, 1.82) is 0 Å². The van der Waals surface area contributed by atoms with Gasteiger partial charge >= 0.3 is 0 Å². The summed E-state index contributed by atoms with van der Waals surface area (Å²) in [5, 5.41) is 4.08. The first-order chi connectivity index (χ1) is 14.2. The number of para-hydroxylation sites is 1. The maximum absolute atomic E-state index is 5.97. The lowest BCUT2D eigenvalue weighted by molar-refractivity contribution is 0.344. The van der Waals surface area contributed by atoms with Crippen molar-refractivity contribution >= 4 is 16.7 Å². The predicted molar refractivity (Wildman–Crippen MR) is 115 cm³/mol. The Kier molecular flexibility index (Phi) is 5.24. The molecule has 0 spiro atoms. The Bertz CT molecular complexity index is 1150. The highest BCUT2D eigenvalue weighted by atomic mass is 16.5. The second-order valence-corrected chi connectivity index (χ2v) is 6.39. The van der Waals surface area contributed by atoms with Crippen molar-refractivity contribution in [2.75, 3.05) is 26.1 Å². The number of rotatable bonds is 6. The van der Waals surface area contributed by atoms with E-state index in [4.69, 9.17) is 19.4 Å². The quantitative estimate of drug-likeness (QED) is 0.513. The lowest BCUT2D eigenvalue weighted by Crippen LogP contribution is -2.02. The fourth-order valence-corrected chi connectivity index (χ4v) is 3.32. The second-order valence-electron chi connectivity index (χ2n) is 6.39. The molecule has 2 aromatic heterocycles. The summed E-state index contributed by atoms with van der Waals surface area (Å²) in [7, 11) is 3.52. The highest BCUT2D eigenvalue weighted by molar-refractivity contribution is 5.98. The second kappa shape index (κ2) is 8.14. The summed E-state index contributed by atoms with van der Waals surface area (Å²) in [6, 6.07) is 15.8. The molecule has 6 nitrogen and oxygen atoms in total. The van der Waals surface area contributed by atoms with Gasteiger partial charge in [-0.2, -0.15) is 0 Å². The van der Waals surface area contributed by atoms with Crippen molar-refractivity contribution in [3.8, 4) is 34.0 Å². The van der Waals surface area contributed by atoms with Crippen molar-refractivity contribution in [2.24, 2.45) is 0 Å². The van der Waals surface area contributed by atoms with Gasteiger partial charge in [0.2, 0.25) is 0 Å². The number of anilines is 1. The highest BCUT2D eigenvalue weighted by Gasteiger charge is 2.16. The zero-order chi connectivity index (χ0) is 20.2. The van der Waals surface area contributed by atoms with Crippen LogP contribution in [0.3, 0.4) is 0 Å². The Balaban J connectivity index is 1.99. The molecule has 0 aliphatic carbocycles. The molecular weight excluding hydrogens is 364 g/mol. The first-order valence-electron chi connectivity index (χ1n) is 9.45. The van der Waals surface area contributed by atoms with E-state index in [1.807, 2.05) is 56.4 Å². The minimum Gasteiger partial charge on any atom is -0.496 e. The number of nitrogens with one attached hydrogen (secondary N) is 1. The minimum absolute atomic E-state index is 0.533. The molecule has 1 N–H and O–H groups in total.